The van der Waals surface area contributed by atoms with Crippen molar-refractivity contribution in [2.24, 2.45) is 0 Å². The second-order valence-electron chi connectivity index (χ2n) is 6.59. The van der Waals surface area contributed by atoms with Crippen LogP contribution >= 0.6 is 0 Å². The Morgan fingerprint density at radius 1 is 0.960 bits per heavy atom. The number of carbonyl (C=O) groups excluding carboxylic acids is 1. The predicted molar refractivity (Wildman–Crippen MR) is 103 cm³/mol. The molecule has 25 heavy (non-hydrogen) atoms. The fraction of sp³-hybridized carbons (Fsp3) is 0.381. The number of likely N-dealkylation sites (N-methyl/N-ethyl adjacent to an activating group) is 1. The average Bonchev–Trinajstić information content (AvgIpc) is 2.64. The summed E-state index contributed by atoms with van der Waals surface area (Å²) in [5.74, 6) is -0.0388. The Balaban J connectivity index is 1.85. The molecule has 0 spiro atoms. The summed E-state index contributed by atoms with van der Waals surface area (Å²) in [5.41, 5.74) is 3.43. The van der Waals surface area contributed by atoms with Gasteiger partial charge >= 0.3 is 0 Å². The SMILES string of the molecule is CCN1CCN(C(c2ccccc2)c2ccc(NC(C)=O)cc2)CC1. The minimum absolute atomic E-state index is 0.0388. The van der Waals surface area contributed by atoms with Crippen molar-refractivity contribution in [1.29, 1.82) is 0 Å². The van der Waals surface area contributed by atoms with Crippen molar-refractivity contribution >= 4 is 11.6 Å². The highest BCUT2D eigenvalue weighted by Gasteiger charge is 2.25. The monoisotopic (exact) mass is 337 g/mol. The summed E-state index contributed by atoms with van der Waals surface area (Å²) in [6, 6.07) is 19.2. The van der Waals surface area contributed by atoms with Crippen molar-refractivity contribution in [2.45, 2.75) is 19.9 Å². The van der Waals surface area contributed by atoms with E-state index in [1.807, 2.05) is 12.1 Å². The third-order valence-corrected chi connectivity index (χ3v) is 4.88. The van der Waals surface area contributed by atoms with Crippen LogP contribution in [0, 0.1) is 0 Å². The van der Waals surface area contributed by atoms with E-state index in [1.54, 1.807) is 0 Å². The fourth-order valence-electron chi connectivity index (χ4n) is 3.54. The molecule has 3 rings (SSSR count). The summed E-state index contributed by atoms with van der Waals surface area (Å²) in [5, 5.41) is 2.84. The minimum atomic E-state index is -0.0388. The Morgan fingerprint density at radius 2 is 1.56 bits per heavy atom. The zero-order valence-electron chi connectivity index (χ0n) is 15.1. The Morgan fingerprint density at radius 3 is 2.12 bits per heavy atom. The van der Waals surface area contributed by atoms with Crippen LogP contribution in [0.5, 0.6) is 0 Å². The lowest BCUT2D eigenvalue weighted by Crippen LogP contribution is -2.47. The van der Waals surface area contributed by atoms with E-state index in [1.165, 1.54) is 18.1 Å². The minimum Gasteiger partial charge on any atom is -0.326 e. The molecule has 4 heteroatoms. The van der Waals surface area contributed by atoms with E-state index in [4.69, 9.17) is 0 Å². The molecule has 1 aliphatic heterocycles. The number of hydrogen-bond acceptors (Lipinski definition) is 3. The molecule has 0 aromatic heterocycles. The summed E-state index contributed by atoms with van der Waals surface area (Å²) in [4.78, 5) is 16.3. The van der Waals surface area contributed by atoms with Gasteiger partial charge in [0.25, 0.3) is 0 Å². The number of carbonyl (C=O) groups is 1. The van der Waals surface area contributed by atoms with E-state index < -0.39 is 0 Å². The molecule has 1 atom stereocenters. The second kappa shape index (κ2) is 8.28. The maximum absolute atomic E-state index is 11.2. The lowest BCUT2D eigenvalue weighted by molar-refractivity contribution is -0.114. The van der Waals surface area contributed by atoms with Crippen molar-refractivity contribution in [2.75, 3.05) is 38.0 Å². The van der Waals surface area contributed by atoms with E-state index in [0.717, 1.165) is 38.4 Å². The van der Waals surface area contributed by atoms with Gasteiger partial charge < -0.3 is 10.2 Å². The molecule has 1 amide bonds. The number of amides is 1. The third-order valence-electron chi connectivity index (χ3n) is 4.88. The zero-order valence-corrected chi connectivity index (χ0v) is 15.1. The fourth-order valence-corrected chi connectivity index (χ4v) is 3.54. The zero-order chi connectivity index (χ0) is 17.6. The molecular weight excluding hydrogens is 310 g/mol. The van der Waals surface area contributed by atoms with Crippen molar-refractivity contribution in [3.63, 3.8) is 0 Å². The summed E-state index contributed by atoms with van der Waals surface area (Å²) < 4.78 is 0. The first-order valence-corrected chi connectivity index (χ1v) is 9.06. The Labute approximate surface area is 150 Å². The first kappa shape index (κ1) is 17.6. The van der Waals surface area contributed by atoms with Crippen LogP contribution in [0.15, 0.2) is 54.6 Å². The highest BCUT2D eigenvalue weighted by Crippen LogP contribution is 2.30. The average molecular weight is 337 g/mol. The first-order valence-electron chi connectivity index (χ1n) is 9.06. The van der Waals surface area contributed by atoms with Crippen LogP contribution in [0.3, 0.4) is 0 Å². The van der Waals surface area contributed by atoms with E-state index >= 15 is 0 Å². The maximum Gasteiger partial charge on any atom is 0.221 e. The quantitative estimate of drug-likeness (QED) is 0.908. The lowest BCUT2D eigenvalue weighted by Gasteiger charge is -2.39. The van der Waals surface area contributed by atoms with E-state index in [-0.39, 0.29) is 11.9 Å². The molecule has 2 aromatic rings. The molecule has 1 unspecified atom stereocenters. The molecular formula is C21H27N3O. The van der Waals surface area contributed by atoms with Gasteiger partial charge in [-0.2, -0.15) is 0 Å². The van der Waals surface area contributed by atoms with Gasteiger partial charge in [0, 0.05) is 38.8 Å². The van der Waals surface area contributed by atoms with E-state index in [9.17, 15) is 4.79 Å². The molecule has 0 aliphatic carbocycles. The van der Waals surface area contributed by atoms with Crippen LogP contribution in [0.4, 0.5) is 5.69 Å². The first-order chi connectivity index (χ1) is 12.2. The molecule has 1 N–H and O–H groups in total. The lowest BCUT2D eigenvalue weighted by atomic mass is 9.96. The molecule has 0 radical (unpaired) electrons. The van der Waals surface area contributed by atoms with Crippen LogP contribution in [-0.2, 0) is 4.79 Å². The highest BCUT2D eigenvalue weighted by molar-refractivity contribution is 5.88. The normalized spacial score (nSPS) is 17.2. The maximum atomic E-state index is 11.2. The second-order valence-corrected chi connectivity index (χ2v) is 6.59. The van der Waals surface area contributed by atoms with Crippen molar-refractivity contribution in [3.05, 3.63) is 65.7 Å². The van der Waals surface area contributed by atoms with Crippen LogP contribution in [0.1, 0.15) is 31.0 Å². The van der Waals surface area contributed by atoms with Gasteiger partial charge in [-0.3, -0.25) is 9.69 Å². The van der Waals surface area contributed by atoms with Gasteiger partial charge in [0.1, 0.15) is 0 Å². The number of nitrogens with zero attached hydrogens (tertiary/aromatic N) is 2. The van der Waals surface area contributed by atoms with Crippen molar-refractivity contribution in [3.8, 4) is 0 Å². The summed E-state index contributed by atoms with van der Waals surface area (Å²) in [7, 11) is 0. The number of rotatable bonds is 5. The Kier molecular flexibility index (Phi) is 5.84. The molecule has 0 saturated carbocycles. The van der Waals surface area contributed by atoms with E-state index in [0.29, 0.717) is 0 Å². The van der Waals surface area contributed by atoms with Gasteiger partial charge in [-0.15, -0.1) is 0 Å². The van der Waals surface area contributed by atoms with Crippen LogP contribution in [0.2, 0.25) is 0 Å². The number of hydrogen-bond donors (Lipinski definition) is 1. The van der Waals surface area contributed by atoms with Crippen molar-refractivity contribution < 1.29 is 4.79 Å². The topological polar surface area (TPSA) is 35.6 Å². The predicted octanol–water partition coefficient (Wildman–Crippen LogP) is 3.37. The number of piperazine rings is 1. The van der Waals surface area contributed by atoms with Crippen molar-refractivity contribution in [1.82, 2.24) is 9.80 Å². The summed E-state index contributed by atoms with van der Waals surface area (Å²) in [6.07, 6.45) is 0. The molecule has 2 aromatic carbocycles. The third kappa shape index (κ3) is 4.47. The molecule has 4 nitrogen and oxygen atoms in total. The molecule has 1 saturated heterocycles. The molecule has 0 bridgehead atoms. The smallest absolute Gasteiger partial charge is 0.221 e. The molecule has 1 aliphatic rings. The number of anilines is 1. The van der Waals surface area contributed by atoms with Gasteiger partial charge in [-0.25, -0.2) is 0 Å². The number of benzene rings is 2. The summed E-state index contributed by atoms with van der Waals surface area (Å²) in [6.45, 7) is 9.25. The van der Waals surface area contributed by atoms with Gasteiger partial charge in [0.2, 0.25) is 5.91 Å². The van der Waals surface area contributed by atoms with Gasteiger partial charge in [0.05, 0.1) is 6.04 Å². The molecule has 1 fully saturated rings. The molecule has 132 valence electrons. The number of nitrogens with one attached hydrogen (secondary N) is 1. The highest BCUT2D eigenvalue weighted by atomic mass is 16.1. The van der Waals surface area contributed by atoms with Gasteiger partial charge in [-0.1, -0.05) is 49.4 Å². The van der Waals surface area contributed by atoms with E-state index in [2.05, 4.69) is 64.5 Å². The Hall–Kier alpha value is -2.17. The Bertz CT molecular complexity index is 676. The summed E-state index contributed by atoms with van der Waals surface area (Å²) >= 11 is 0. The van der Waals surface area contributed by atoms with Crippen LogP contribution in [-0.4, -0.2) is 48.4 Å². The molecule has 1 heterocycles. The van der Waals surface area contributed by atoms with Gasteiger partial charge in [-0.05, 0) is 29.8 Å². The van der Waals surface area contributed by atoms with Crippen LogP contribution in [0.25, 0.3) is 0 Å². The largest absolute Gasteiger partial charge is 0.326 e. The standard InChI is InChI=1S/C21H27N3O/c1-3-23-13-15-24(16-14-23)21(18-7-5-4-6-8-18)19-9-11-20(12-10-19)22-17(2)25/h4-12,21H,3,13-16H2,1-2H3,(H,22,25). The van der Waals surface area contributed by atoms with Gasteiger partial charge in [0.15, 0.2) is 0 Å². The van der Waals surface area contributed by atoms with Crippen LogP contribution < -0.4 is 5.32 Å².